The zero-order chi connectivity index (χ0) is 14.8. The van der Waals surface area contributed by atoms with Crippen molar-refractivity contribution in [1.82, 2.24) is 24.8 Å². The van der Waals surface area contributed by atoms with E-state index in [1.807, 2.05) is 11.8 Å². The molecule has 2 aliphatic heterocycles. The molecule has 0 saturated carbocycles. The van der Waals surface area contributed by atoms with Crippen molar-refractivity contribution in [3.8, 4) is 0 Å². The van der Waals surface area contributed by atoms with Gasteiger partial charge in [0.05, 0.1) is 6.54 Å². The smallest absolute Gasteiger partial charge is 0.320 e. The third-order valence-corrected chi connectivity index (χ3v) is 4.44. The summed E-state index contributed by atoms with van der Waals surface area (Å²) in [5.74, 6) is 1.36. The molecular weight excluding hydrogens is 270 g/mol. The van der Waals surface area contributed by atoms with Crippen molar-refractivity contribution in [2.75, 3.05) is 32.7 Å². The fourth-order valence-corrected chi connectivity index (χ4v) is 3.23. The number of likely N-dealkylation sites (tertiary alicyclic amines) is 1. The number of aromatic nitrogens is 2. The van der Waals surface area contributed by atoms with Crippen molar-refractivity contribution < 1.29 is 9.32 Å². The fourth-order valence-electron chi connectivity index (χ4n) is 3.23. The van der Waals surface area contributed by atoms with Crippen molar-refractivity contribution in [1.29, 1.82) is 0 Å². The zero-order valence-corrected chi connectivity index (χ0v) is 12.8. The molecule has 0 radical (unpaired) electrons. The SMILES string of the molecule is CCN1CCN(C2CCN(Cc3noc(C)n3)CC2)C1=O. The van der Waals surface area contributed by atoms with Crippen molar-refractivity contribution in [2.24, 2.45) is 0 Å². The molecule has 0 atom stereocenters. The van der Waals surface area contributed by atoms with Crippen LogP contribution in [0, 0.1) is 6.92 Å². The molecule has 0 spiro atoms. The third-order valence-electron chi connectivity index (χ3n) is 4.44. The highest BCUT2D eigenvalue weighted by molar-refractivity contribution is 5.76. The highest BCUT2D eigenvalue weighted by Crippen LogP contribution is 2.22. The van der Waals surface area contributed by atoms with Crippen LogP contribution in [0.25, 0.3) is 0 Å². The van der Waals surface area contributed by atoms with Gasteiger partial charge < -0.3 is 14.3 Å². The van der Waals surface area contributed by atoms with E-state index in [0.717, 1.165) is 57.9 Å². The molecule has 2 fully saturated rings. The second-order valence-electron chi connectivity index (χ2n) is 5.79. The van der Waals surface area contributed by atoms with Gasteiger partial charge in [-0.3, -0.25) is 4.90 Å². The first-order valence-corrected chi connectivity index (χ1v) is 7.74. The maximum atomic E-state index is 12.2. The summed E-state index contributed by atoms with van der Waals surface area (Å²) in [7, 11) is 0. The Morgan fingerprint density at radius 3 is 2.57 bits per heavy atom. The Hall–Kier alpha value is -1.63. The number of nitrogens with zero attached hydrogens (tertiary/aromatic N) is 5. The number of carbonyl (C=O) groups excluding carboxylic acids is 1. The molecule has 21 heavy (non-hydrogen) atoms. The van der Waals surface area contributed by atoms with Crippen LogP contribution in [0.5, 0.6) is 0 Å². The third kappa shape index (κ3) is 3.02. The first kappa shape index (κ1) is 14.3. The molecule has 1 aromatic rings. The normalized spacial score (nSPS) is 21.5. The first-order chi connectivity index (χ1) is 10.2. The van der Waals surface area contributed by atoms with Crippen LogP contribution in [0.15, 0.2) is 4.52 Å². The number of aryl methyl sites for hydroxylation is 1. The van der Waals surface area contributed by atoms with E-state index in [9.17, 15) is 4.79 Å². The molecule has 2 saturated heterocycles. The Morgan fingerprint density at radius 2 is 2.00 bits per heavy atom. The number of likely N-dealkylation sites (N-methyl/N-ethyl adjacent to an activating group) is 1. The summed E-state index contributed by atoms with van der Waals surface area (Å²) in [5.41, 5.74) is 0. The number of rotatable bonds is 4. The molecule has 1 aromatic heterocycles. The molecule has 2 aliphatic rings. The Kier molecular flexibility index (Phi) is 4.10. The summed E-state index contributed by atoms with van der Waals surface area (Å²) in [6.45, 7) is 9.10. The van der Waals surface area contributed by atoms with E-state index in [2.05, 4.69) is 19.9 Å². The molecular formula is C14H23N5O2. The minimum Gasteiger partial charge on any atom is -0.340 e. The molecule has 0 unspecified atom stereocenters. The van der Waals surface area contributed by atoms with Crippen LogP contribution in [-0.4, -0.2) is 69.6 Å². The topological polar surface area (TPSA) is 65.7 Å². The van der Waals surface area contributed by atoms with Crippen LogP contribution in [0.2, 0.25) is 0 Å². The van der Waals surface area contributed by atoms with E-state index < -0.39 is 0 Å². The van der Waals surface area contributed by atoms with E-state index in [-0.39, 0.29) is 6.03 Å². The number of hydrogen-bond donors (Lipinski definition) is 0. The van der Waals surface area contributed by atoms with Crippen LogP contribution in [0.4, 0.5) is 4.79 Å². The predicted octanol–water partition coefficient (Wildman–Crippen LogP) is 1.10. The Labute approximate surface area is 124 Å². The molecule has 0 aliphatic carbocycles. The van der Waals surface area contributed by atoms with Gasteiger partial charge in [0.1, 0.15) is 0 Å². The standard InChI is InChI=1S/C14H23N5O2/c1-3-18-8-9-19(14(18)20)12-4-6-17(7-5-12)10-13-15-11(2)21-16-13/h12H,3-10H2,1-2H3. The number of piperidine rings is 1. The minimum atomic E-state index is 0.213. The lowest BCUT2D eigenvalue weighted by atomic mass is 10.0. The summed E-state index contributed by atoms with van der Waals surface area (Å²) in [5, 5.41) is 3.94. The monoisotopic (exact) mass is 293 g/mol. The van der Waals surface area contributed by atoms with Crippen molar-refractivity contribution in [3.63, 3.8) is 0 Å². The largest absolute Gasteiger partial charge is 0.340 e. The molecule has 7 heteroatoms. The fraction of sp³-hybridized carbons (Fsp3) is 0.786. The van der Waals surface area contributed by atoms with Crippen LogP contribution >= 0.6 is 0 Å². The number of carbonyl (C=O) groups is 1. The molecule has 7 nitrogen and oxygen atoms in total. The van der Waals surface area contributed by atoms with Crippen molar-refractivity contribution >= 4 is 6.03 Å². The first-order valence-electron chi connectivity index (χ1n) is 7.74. The lowest BCUT2D eigenvalue weighted by Crippen LogP contribution is -2.46. The van der Waals surface area contributed by atoms with Gasteiger partial charge in [-0.25, -0.2) is 4.79 Å². The van der Waals surface area contributed by atoms with Crippen LogP contribution in [0.3, 0.4) is 0 Å². The Morgan fingerprint density at radius 1 is 1.24 bits per heavy atom. The summed E-state index contributed by atoms with van der Waals surface area (Å²) in [6.07, 6.45) is 2.06. The van der Waals surface area contributed by atoms with Crippen molar-refractivity contribution in [3.05, 3.63) is 11.7 Å². The van der Waals surface area contributed by atoms with Gasteiger partial charge in [-0.15, -0.1) is 0 Å². The number of urea groups is 1. The predicted molar refractivity (Wildman–Crippen MR) is 76.7 cm³/mol. The lowest BCUT2D eigenvalue weighted by Gasteiger charge is -2.36. The quantitative estimate of drug-likeness (QED) is 0.831. The van der Waals surface area contributed by atoms with E-state index in [1.54, 1.807) is 6.92 Å². The van der Waals surface area contributed by atoms with E-state index in [0.29, 0.717) is 11.9 Å². The number of hydrogen-bond acceptors (Lipinski definition) is 5. The highest BCUT2D eigenvalue weighted by Gasteiger charge is 2.34. The average molecular weight is 293 g/mol. The molecule has 3 heterocycles. The van der Waals surface area contributed by atoms with E-state index in [4.69, 9.17) is 4.52 Å². The van der Waals surface area contributed by atoms with Gasteiger partial charge in [-0.1, -0.05) is 5.16 Å². The molecule has 3 rings (SSSR count). The van der Waals surface area contributed by atoms with Gasteiger partial charge in [0.2, 0.25) is 5.89 Å². The summed E-state index contributed by atoms with van der Waals surface area (Å²) in [6, 6.07) is 0.599. The van der Waals surface area contributed by atoms with Gasteiger partial charge >= 0.3 is 6.03 Å². The Bertz CT molecular complexity index is 495. The summed E-state index contributed by atoms with van der Waals surface area (Å²) in [4.78, 5) is 22.8. The summed E-state index contributed by atoms with van der Waals surface area (Å²) < 4.78 is 5.00. The zero-order valence-electron chi connectivity index (χ0n) is 12.8. The highest BCUT2D eigenvalue weighted by atomic mass is 16.5. The second-order valence-corrected chi connectivity index (χ2v) is 5.79. The lowest BCUT2D eigenvalue weighted by molar-refractivity contribution is 0.124. The molecule has 116 valence electrons. The van der Waals surface area contributed by atoms with Gasteiger partial charge in [0.25, 0.3) is 0 Å². The maximum Gasteiger partial charge on any atom is 0.320 e. The Balaban J connectivity index is 1.50. The van der Waals surface area contributed by atoms with Gasteiger partial charge in [-0.2, -0.15) is 4.98 Å². The van der Waals surface area contributed by atoms with Crippen LogP contribution < -0.4 is 0 Å². The minimum absolute atomic E-state index is 0.213. The molecule has 0 N–H and O–H groups in total. The van der Waals surface area contributed by atoms with Crippen LogP contribution in [-0.2, 0) is 6.54 Å². The average Bonchev–Trinajstić information content (AvgIpc) is 3.06. The van der Waals surface area contributed by atoms with E-state index >= 15 is 0 Å². The van der Waals surface area contributed by atoms with Gasteiger partial charge in [0.15, 0.2) is 5.82 Å². The van der Waals surface area contributed by atoms with Gasteiger partial charge in [-0.05, 0) is 19.8 Å². The van der Waals surface area contributed by atoms with E-state index in [1.165, 1.54) is 0 Å². The summed E-state index contributed by atoms with van der Waals surface area (Å²) >= 11 is 0. The molecule has 0 aromatic carbocycles. The van der Waals surface area contributed by atoms with Gasteiger partial charge in [0, 0.05) is 45.7 Å². The molecule has 0 bridgehead atoms. The number of amides is 2. The molecule has 2 amide bonds. The maximum absolute atomic E-state index is 12.2. The van der Waals surface area contributed by atoms with Crippen LogP contribution in [0.1, 0.15) is 31.5 Å². The second kappa shape index (κ2) is 6.01. The van der Waals surface area contributed by atoms with Crippen molar-refractivity contribution in [2.45, 2.75) is 39.3 Å².